The maximum atomic E-state index is 11.1. The van der Waals surface area contributed by atoms with Gasteiger partial charge in [-0.1, -0.05) is 12.1 Å². The van der Waals surface area contributed by atoms with Crippen LogP contribution in [0.1, 0.15) is 34.1 Å². The number of nitro groups is 1. The van der Waals surface area contributed by atoms with Gasteiger partial charge in [0, 0.05) is 10.9 Å². The molecule has 0 spiro atoms. The Bertz CT molecular complexity index is 652. The number of hydrogen-bond donors (Lipinski definition) is 1. The largest absolute Gasteiger partial charge is 0.372 e. The van der Waals surface area contributed by atoms with Crippen LogP contribution in [0, 0.1) is 30.9 Å². The normalized spacial score (nSPS) is 12.2. The fraction of sp³-hybridized carbons (Fsp3) is 0.357. The van der Waals surface area contributed by atoms with E-state index in [1.807, 2.05) is 33.8 Å². The predicted molar refractivity (Wildman–Crippen MR) is 81.5 cm³/mol. The van der Waals surface area contributed by atoms with Gasteiger partial charge in [-0.05, 0) is 33.3 Å². The lowest BCUT2D eigenvalue weighted by molar-refractivity contribution is -0.384. The molecule has 0 saturated heterocycles. The number of anilines is 1. The van der Waals surface area contributed by atoms with Gasteiger partial charge in [-0.3, -0.25) is 10.1 Å². The molecular weight excluding hydrogens is 274 g/mol. The molecule has 0 aliphatic heterocycles. The summed E-state index contributed by atoms with van der Waals surface area (Å²) in [5.41, 5.74) is 2.53. The quantitative estimate of drug-likeness (QED) is 0.678. The monoisotopic (exact) mass is 291 g/mol. The predicted octanol–water partition coefficient (Wildman–Crippen LogP) is 4.15. The van der Waals surface area contributed by atoms with Crippen molar-refractivity contribution in [3.8, 4) is 0 Å². The molecule has 0 amide bonds. The highest BCUT2D eigenvalue weighted by molar-refractivity contribution is 7.11. The lowest BCUT2D eigenvalue weighted by atomic mass is 10.1. The van der Waals surface area contributed by atoms with Crippen molar-refractivity contribution in [1.82, 2.24) is 4.98 Å². The summed E-state index contributed by atoms with van der Waals surface area (Å²) in [6.07, 6.45) is 0. The second-order valence-corrected chi connectivity index (χ2v) is 6.01. The SMILES string of the molecule is Cc1nc(C)c(C(C)Nc2c(C)cccc2[N+](=O)[O-])s1. The zero-order valence-corrected chi connectivity index (χ0v) is 12.7. The summed E-state index contributed by atoms with van der Waals surface area (Å²) in [6, 6.07) is 5.08. The number of para-hydroxylation sites is 1. The molecule has 1 heterocycles. The summed E-state index contributed by atoms with van der Waals surface area (Å²) in [5, 5.41) is 15.4. The molecule has 2 aromatic rings. The van der Waals surface area contributed by atoms with Gasteiger partial charge in [-0.2, -0.15) is 0 Å². The smallest absolute Gasteiger partial charge is 0.292 e. The Hall–Kier alpha value is -1.95. The number of nitro benzene ring substituents is 1. The minimum Gasteiger partial charge on any atom is -0.372 e. The Kier molecular flexibility index (Phi) is 4.04. The van der Waals surface area contributed by atoms with E-state index in [9.17, 15) is 10.1 Å². The number of benzene rings is 1. The number of aromatic nitrogens is 1. The van der Waals surface area contributed by atoms with Crippen molar-refractivity contribution < 1.29 is 4.92 Å². The topological polar surface area (TPSA) is 68.1 Å². The minimum atomic E-state index is -0.354. The molecular formula is C14H17N3O2S. The molecule has 1 aromatic heterocycles. The number of thiazole rings is 1. The molecule has 0 radical (unpaired) electrons. The average molecular weight is 291 g/mol. The van der Waals surface area contributed by atoms with Gasteiger partial charge in [0.05, 0.1) is 21.7 Å². The Balaban J connectivity index is 2.35. The van der Waals surface area contributed by atoms with E-state index in [2.05, 4.69) is 10.3 Å². The van der Waals surface area contributed by atoms with Gasteiger partial charge >= 0.3 is 0 Å². The Labute approximate surface area is 121 Å². The van der Waals surface area contributed by atoms with Crippen LogP contribution in [0.25, 0.3) is 0 Å². The van der Waals surface area contributed by atoms with Crippen molar-refractivity contribution in [1.29, 1.82) is 0 Å². The molecule has 1 unspecified atom stereocenters. The van der Waals surface area contributed by atoms with Crippen LogP contribution < -0.4 is 5.32 Å². The van der Waals surface area contributed by atoms with Crippen LogP contribution in [0.5, 0.6) is 0 Å². The first-order valence-corrected chi connectivity index (χ1v) is 7.16. The van der Waals surface area contributed by atoms with Crippen molar-refractivity contribution >= 4 is 22.7 Å². The zero-order valence-electron chi connectivity index (χ0n) is 11.9. The van der Waals surface area contributed by atoms with Crippen molar-refractivity contribution in [3.05, 3.63) is 49.5 Å². The first-order valence-electron chi connectivity index (χ1n) is 6.34. The molecule has 0 saturated carbocycles. The lowest BCUT2D eigenvalue weighted by Crippen LogP contribution is -2.09. The van der Waals surface area contributed by atoms with E-state index >= 15 is 0 Å². The van der Waals surface area contributed by atoms with E-state index < -0.39 is 0 Å². The second kappa shape index (κ2) is 5.58. The third-order valence-corrected chi connectivity index (χ3v) is 4.40. The molecule has 0 aliphatic rings. The lowest BCUT2D eigenvalue weighted by Gasteiger charge is -2.16. The molecule has 0 bridgehead atoms. The van der Waals surface area contributed by atoms with Crippen molar-refractivity contribution in [2.24, 2.45) is 0 Å². The summed E-state index contributed by atoms with van der Waals surface area (Å²) >= 11 is 1.62. The standard InChI is InChI=1S/C14H17N3O2S/c1-8-6-5-7-12(17(18)19)13(8)16-10(3)14-9(2)15-11(4)20-14/h5-7,10,16H,1-4H3. The van der Waals surface area contributed by atoms with E-state index in [0.717, 1.165) is 21.1 Å². The summed E-state index contributed by atoms with van der Waals surface area (Å²) in [4.78, 5) is 16.3. The van der Waals surface area contributed by atoms with E-state index in [1.165, 1.54) is 6.07 Å². The summed E-state index contributed by atoms with van der Waals surface area (Å²) in [7, 11) is 0. The van der Waals surface area contributed by atoms with Crippen LogP contribution in [0.3, 0.4) is 0 Å². The van der Waals surface area contributed by atoms with E-state index in [-0.39, 0.29) is 16.7 Å². The van der Waals surface area contributed by atoms with Gasteiger partial charge in [0.25, 0.3) is 5.69 Å². The van der Waals surface area contributed by atoms with Gasteiger partial charge in [-0.25, -0.2) is 4.98 Å². The molecule has 1 N–H and O–H groups in total. The Morgan fingerprint density at radius 1 is 1.35 bits per heavy atom. The number of hydrogen-bond acceptors (Lipinski definition) is 5. The molecule has 6 heteroatoms. The number of rotatable bonds is 4. The summed E-state index contributed by atoms with van der Waals surface area (Å²) in [6.45, 7) is 7.79. The minimum absolute atomic E-state index is 0.0130. The van der Waals surface area contributed by atoms with E-state index in [4.69, 9.17) is 0 Å². The Morgan fingerprint density at radius 3 is 2.60 bits per heavy atom. The van der Waals surface area contributed by atoms with Crippen molar-refractivity contribution in [2.45, 2.75) is 33.7 Å². The Morgan fingerprint density at radius 2 is 2.05 bits per heavy atom. The van der Waals surface area contributed by atoms with Gasteiger partial charge in [0.2, 0.25) is 0 Å². The molecule has 1 aromatic carbocycles. The highest BCUT2D eigenvalue weighted by Crippen LogP contribution is 2.33. The maximum Gasteiger partial charge on any atom is 0.292 e. The van der Waals surface area contributed by atoms with Crippen LogP contribution >= 0.6 is 11.3 Å². The fourth-order valence-corrected chi connectivity index (χ4v) is 3.15. The van der Waals surface area contributed by atoms with Crippen molar-refractivity contribution in [2.75, 3.05) is 5.32 Å². The van der Waals surface area contributed by atoms with Crippen molar-refractivity contribution in [3.63, 3.8) is 0 Å². The van der Waals surface area contributed by atoms with Crippen LogP contribution in [0.4, 0.5) is 11.4 Å². The number of nitrogens with zero attached hydrogens (tertiary/aromatic N) is 2. The first kappa shape index (κ1) is 14.5. The van der Waals surface area contributed by atoms with Crippen LogP contribution in [0.15, 0.2) is 18.2 Å². The number of nitrogens with one attached hydrogen (secondary N) is 1. The van der Waals surface area contributed by atoms with Gasteiger partial charge in [0.1, 0.15) is 5.69 Å². The van der Waals surface area contributed by atoms with Gasteiger partial charge in [-0.15, -0.1) is 11.3 Å². The average Bonchev–Trinajstić information content (AvgIpc) is 2.70. The molecule has 20 heavy (non-hydrogen) atoms. The van der Waals surface area contributed by atoms with Crippen LogP contribution in [-0.2, 0) is 0 Å². The molecule has 2 rings (SSSR count). The molecule has 0 fully saturated rings. The highest BCUT2D eigenvalue weighted by Gasteiger charge is 2.20. The highest BCUT2D eigenvalue weighted by atomic mass is 32.1. The maximum absolute atomic E-state index is 11.1. The second-order valence-electron chi connectivity index (χ2n) is 4.77. The third kappa shape index (κ3) is 2.80. The first-order chi connectivity index (χ1) is 9.40. The van der Waals surface area contributed by atoms with Crippen LogP contribution in [0.2, 0.25) is 0 Å². The zero-order chi connectivity index (χ0) is 14.9. The van der Waals surface area contributed by atoms with Gasteiger partial charge in [0.15, 0.2) is 0 Å². The fourth-order valence-electron chi connectivity index (χ4n) is 2.22. The summed E-state index contributed by atoms with van der Waals surface area (Å²) < 4.78 is 0. The van der Waals surface area contributed by atoms with Gasteiger partial charge < -0.3 is 5.32 Å². The van der Waals surface area contributed by atoms with Crippen LogP contribution in [-0.4, -0.2) is 9.91 Å². The van der Waals surface area contributed by atoms with E-state index in [1.54, 1.807) is 17.4 Å². The number of aryl methyl sites for hydroxylation is 3. The summed E-state index contributed by atoms with van der Waals surface area (Å²) in [5.74, 6) is 0. The van der Waals surface area contributed by atoms with E-state index in [0.29, 0.717) is 5.69 Å². The third-order valence-electron chi connectivity index (χ3n) is 3.14. The molecule has 106 valence electrons. The molecule has 0 aliphatic carbocycles. The molecule has 1 atom stereocenters. The molecule has 5 nitrogen and oxygen atoms in total.